The third kappa shape index (κ3) is 3.33. The second kappa shape index (κ2) is 6.36. The molecule has 1 unspecified atom stereocenters. The summed E-state index contributed by atoms with van der Waals surface area (Å²) in [6, 6.07) is 8.08. The number of nitrogens with zero attached hydrogens (tertiary/aromatic N) is 2. The van der Waals surface area contributed by atoms with Crippen molar-refractivity contribution in [3.8, 4) is 5.75 Å². The van der Waals surface area contributed by atoms with Gasteiger partial charge in [-0.1, -0.05) is 12.1 Å². The van der Waals surface area contributed by atoms with Crippen LogP contribution in [0, 0.1) is 0 Å². The second-order valence-electron chi connectivity index (χ2n) is 4.40. The second-order valence-corrected chi connectivity index (χ2v) is 4.40. The molecular formula is C14H20N4O. The molecule has 102 valence electrons. The maximum Gasteiger partial charge on any atom is 0.118 e. The van der Waals surface area contributed by atoms with Gasteiger partial charge in [-0.05, 0) is 31.0 Å². The molecule has 0 fully saturated rings. The van der Waals surface area contributed by atoms with Crippen molar-refractivity contribution in [1.29, 1.82) is 0 Å². The number of ether oxygens (including phenoxy) is 1. The summed E-state index contributed by atoms with van der Waals surface area (Å²) < 4.78 is 7.05. The van der Waals surface area contributed by atoms with Crippen molar-refractivity contribution in [1.82, 2.24) is 15.2 Å². The van der Waals surface area contributed by atoms with Crippen LogP contribution in [-0.4, -0.2) is 16.9 Å². The van der Waals surface area contributed by atoms with E-state index in [-0.39, 0.29) is 6.04 Å². The quantitative estimate of drug-likeness (QED) is 0.612. The first kappa shape index (κ1) is 13.6. The van der Waals surface area contributed by atoms with E-state index in [0.29, 0.717) is 0 Å². The molecule has 0 spiro atoms. The lowest BCUT2D eigenvalue weighted by Gasteiger charge is -2.14. The zero-order valence-electron chi connectivity index (χ0n) is 11.3. The molecule has 1 heterocycles. The van der Waals surface area contributed by atoms with Gasteiger partial charge >= 0.3 is 0 Å². The van der Waals surface area contributed by atoms with Gasteiger partial charge in [-0.15, -0.1) is 0 Å². The van der Waals surface area contributed by atoms with E-state index in [0.717, 1.165) is 24.3 Å². The Labute approximate surface area is 113 Å². The molecule has 1 aromatic carbocycles. The van der Waals surface area contributed by atoms with E-state index in [4.69, 9.17) is 10.6 Å². The largest absolute Gasteiger partial charge is 0.497 e. The average Bonchev–Trinajstić information content (AvgIpc) is 2.94. The van der Waals surface area contributed by atoms with Gasteiger partial charge in [-0.2, -0.15) is 5.10 Å². The molecule has 19 heavy (non-hydrogen) atoms. The van der Waals surface area contributed by atoms with Crippen LogP contribution >= 0.6 is 0 Å². The number of aryl methyl sites for hydroxylation is 1. The van der Waals surface area contributed by atoms with Crippen molar-refractivity contribution < 1.29 is 4.74 Å². The molecule has 0 saturated heterocycles. The van der Waals surface area contributed by atoms with Gasteiger partial charge in [0.15, 0.2) is 0 Å². The van der Waals surface area contributed by atoms with Crippen LogP contribution in [0.1, 0.15) is 24.1 Å². The Hall–Kier alpha value is -1.85. The number of methoxy groups -OCH3 is 1. The predicted molar refractivity (Wildman–Crippen MR) is 74.7 cm³/mol. The fraction of sp³-hybridized carbons (Fsp3) is 0.357. The smallest absolute Gasteiger partial charge is 0.118 e. The first-order valence-corrected chi connectivity index (χ1v) is 6.38. The van der Waals surface area contributed by atoms with Gasteiger partial charge in [0.1, 0.15) is 5.75 Å². The number of hydrogen-bond donors (Lipinski definition) is 2. The van der Waals surface area contributed by atoms with Crippen LogP contribution in [-0.2, 0) is 13.0 Å². The lowest BCUT2D eigenvalue weighted by atomic mass is 10.0. The summed E-state index contributed by atoms with van der Waals surface area (Å²) in [7, 11) is 1.67. The van der Waals surface area contributed by atoms with E-state index in [1.165, 1.54) is 5.56 Å². The standard InChI is InChI=1S/C14H20N4O/c1-3-18-10-12(9-16-18)14(17-15)8-11-4-6-13(19-2)7-5-11/h4-7,9-10,14,17H,3,8,15H2,1-2H3. The Morgan fingerprint density at radius 3 is 2.63 bits per heavy atom. The fourth-order valence-corrected chi connectivity index (χ4v) is 2.00. The van der Waals surface area contributed by atoms with Gasteiger partial charge in [-0.25, -0.2) is 0 Å². The number of benzene rings is 1. The highest BCUT2D eigenvalue weighted by atomic mass is 16.5. The van der Waals surface area contributed by atoms with E-state index in [1.54, 1.807) is 7.11 Å². The molecular weight excluding hydrogens is 240 g/mol. The van der Waals surface area contributed by atoms with E-state index in [1.807, 2.05) is 41.3 Å². The number of rotatable bonds is 6. The predicted octanol–water partition coefficient (Wildman–Crippen LogP) is 1.66. The number of hydrazine groups is 1. The number of nitrogens with two attached hydrogens (primary N) is 1. The minimum atomic E-state index is 0.0636. The zero-order valence-corrected chi connectivity index (χ0v) is 11.3. The van der Waals surface area contributed by atoms with Gasteiger partial charge in [0.2, 0.25) is 0 Å². The van der Waals surface area contributed by atoms with E-state index >= 15 is 0 Å². The minimum absolute atomic E-state index is 0.0636. The number of nitrogens with one attached hydrogen (secondary N) is 1. The average molecular weight is 260 g/mol. The molecule has 0 radical (unpaired) electrons. The molecule has 5 nitrogen and oxygen atoms in total. The molecule has 1 aromatic heterocycles. The van der Waals surface area contributed by atoms with E-state index < -0.39 is 0 Å². The fourth-order valence-electron chi connectivity index (χ4n) is 2.00. The Bertz CT molecular complexity index is 506. The Morgan fingerprint density at radius 1 is 1.37 bits per heavy atom. The lowest BCUT2D eigenvalue weighted by molar-refractivity contribution is 0.414. The Morgan fingerprint density at radius 2 is 2.11 bits per heavy atom. The molecule has 2 rings (SSSR count). The minimum Gasteiger partial charge on any atom is -0.497 e. The van der Waals surface area contributed by atoms with Crippen LogP contribution < -0.4 is 16.0 Å². The highest BCUT2D eigenvalue weighted by Crippen LogP contribution is 2.19. The molecule has 1 atom stereocenters. The topological polar surface area (TPSA) is 65.1 Å². The van der Waals surface area contributed by atoms with Gasteiger partial charge < -0.3 is 4.74 Å². The van der Waals surface area contributed by atoms with Crippen LogP contribution in [0.15, 0.2) is 36.7 Å². The first-order chi connectivity index (χ1) is 9.26. The summed E-state index contributed by atoms with van der Waals surface area (Å²) in [6.07, 6.45) is 4.70. The highest BCUT2D eigenvalue weighted by Gasteiger charge is 2.12. The van der Waals surface area contributed by atoms with Crippen LogP contribution in [0.2, 0.25) is 0 Å². The Kier molecular flexibility index (Phi) is 4.54. The molecule has 0 amide bonds. The summed E-state index contributed by atoms with van der Waals surface area (Å²) in [5.74, 6) is 6.51. The van der Waals surface area contributed by atoms with Crippen LogP contribution in [0.4, 0.5) is 0 Å². The summed E-state index contributed by atoms with van der Waals surface area (Å²) in [4.78, 5) is 0. The molecule has 0 aliphatic rings. The van der Waals surface area contributed by atoms with Crippen LogP contribution in [0.5, 0.6) is 5.75 Å². The van der Waals surface area contributed by atoms with Crippen molar-refractivity contribution >= 4 is 0 Å². The van der Waals surface area contributed by atoms with Crippen molar-refractivity contribution in [3.63, 3.8) is 0 Å². The SMILES string of the molecule is CCn1cc(C(Cc2ccc(OC)cc2)NN)cn1. The number of aromatic nitrogens is 2. The van der Waals surface area contributed by atoms with Crippen LogP contribution in [0.3, 0.4) is 0 Å². The molecule has 2 aromatic rings. The molecule has 0 saturated carbocycles. The van der Waals surface area contributed by atoms with Crippen molar-refractivity contribution in [3.05, 3.63) is 47.8 Å². The summed E-state index contributed by atoms with van der Waals surface area (Å²) in [5.41, 5.74) is 5.15. The Balaban J connectivity index is 2.09. The van der Waals surface area contributed by atoms with E-state index in [2.05, 4.69) is 17.4 Å². The van der Waals surface area contributed by atoms with Gasteiger partial charge in [0, 0.05) is 18.3 Å². The van der Waals surface area contributed by atoms with Gasteiger partial charge in [0.05, 0.1) is 19.3 Å². The molecule has 5 heteroatoms. The zero-order chi connectivity index (χ0) is 13.7. The molecule has 0 bridgehead atoms. The van der Waals surface area contributed by atoms with Gasteiger partial charge in [0.25, 0.3) is 0 Å². The maximum atomic E-state index is 5.65. The summed E-state index contributed by atoms with van der Waals surface area (Å²) >= 11 is 0. The molecule has 3 N–H and O–H groups in total. The normalized spacial score (nSPS) is 12.4. The third-order valence-electron chi connectivity index (χ3n) is 3.18. The third-order valence-corrected chi connectivity index (χ3v) is 3.18. The number of hydrogen-bond acceptors (Lipinski definition) is 4. The molecule has 0 aliphatic carbocycles. The lowest BCUT2D eigenvalue weighted by Crippen LogP contribution is -2.29. The highest BCUT2D eigenvalue weighted by molar-refractivity contribution is 5.28. The summed E-state index contributed by atoms with van der Waals surface area (Å²) in [6.45, 7) is 2.92. The first-order valence-electron chi connectivity index (χ1n) is 6.38. The van der Waals surface area contributed by atoms with Crippen LogP contribution in [0.25, 0.3) is 0 Å². The summed E-state index contributed by atoms with van der Waals surface area (Å²) in [5, 5.41) is 4.27. The van der Waals surface area contributed by atoms with Crippen molar-refractivity contribution in [2.45, 2.75) is 25.9 Å². The van der Waals surface area contributed by atoms with Crippen molar-refractivity contribution in [2.24, 2.45) is 5.84 Å². The maximum absolute atomic E-state index is 5.65. The molecule has 0 aliphatic heterocycles. The monoisotopic (exact) mass is 260 g/mol. The van der Waals surface area contributed by atoms with Gasteiger partial charge in [-0.3, -0.25) is 16.0 Å². The van der Waals surface area contributed by atoms with Crippen molar-refractivity contribution in [2.75, 3.05) is 7.11 Å². The van der Waals surface area contributed by atoms with E-state index in [9.17, 15) is 0 Å².